The van der Waals surface area contributed by atoms with E-state index in [-0.39, 0.29) is 5.82 Å². The lowest BCUT2D eigenvalue weighted by Crippen LogP contribution is -2.09. The highest BCUT2D eigenvalue weighted by atomic mass is 16.5. The van der Waals surface area contributed by atoms with Crippen LogP contribution < -0.4 is 10.5 Å². The average Bonchev–Trinajstić information content (AvgIpc) is 2.67. The van der Waals surface area contributed by atoms with Gasteiger partial charge in [0, 0.05) is 17.3 Å². The predicted octanol–water partition coefficient (Wildman–Crippen LogP) is 3.64. The number of aryl methyl sites for hydroxylation is 1. The molecule has 0 fully saturated rings. The summed E-state index contributed by atoms with van der Waals surface area (Å²) in [6.07, 6.45) is 1.66. The zero-order valence-electron chi connectivity index (χ0n) is 14.6. The summed E-state index contributed by atoms with van der Waals surface area (Å²) in [6.45, 7) is 1.59. The standard InChI is InChI=1S/C21H17N3O3/c1-13-2-4-14(5-3-13)18-11-24-21(23)17(10-22)20(18)15-6-8-16(9-7-15)27-12-19(25)26/h2-9,11H,12H2,1H3,(H2,23,24)(H,25,26). The van der Waals surface area contributed by atoms with Crippen molar-refractivity contribution in [2.24, 2.45) is 0 Å². The summed E-state index contributed by atoms with van der Waals surface area (Å²) in [4.78, 5) is 14.8. The number of aromatic nitrogens is 1. The van der Waals surface area contributed by atoms with Gasteiger partial charge in [-0.25, -0.2) is 9.78 Å². The summed E-state index contributed by atoms with van der Waals surface area (Å²) in [5.74, 6) is -0.456. The van der Waals surface area contributed by atoms with E-state index in [1.807, 2.05) is 31.2 Å². The predicted molar refractivity (Wildman–Crippen MR) is 102 cm³/mol. The molecule has 0 spiro atoms. The molecule has 0 aliphatic carbocycles. The lowest BCUT2D eigenvalue weighted by Gasteiger charge is -2.14. The fourth-order valence-electron chi connectivity index (χ4n) is 2.75. The minimum atomic E-state index is -1.05. The van der Waals surface area contributed by atoms with Gasteiger partial charge in [0.05, 0.1) is 0 Å². The van der Waals surface area contributed by atoms with Crippen molar-refractivity contribution < 1.29 is 14.6 Å². The molecule has 6 heteroatoms. The number of anilines is 1. The van der Waals surface area contributed by atoms with Crippen LogP contribution in [0.15, 0.2) is 54.7 Å². The molecule has 1 aromatic heterocycles. The molecule has 0 bridgehead atoms. The zero-order valence-corrected chi connectivity index (χ0v) is 14.6. The van der Waals surface area contributed by atoms with Crippen LogP contribution in [0.25, 0.3) is 22.3 Å². The largest absolute Gasteiger partial charge is 0.482 e. The van der Waals surface area contributed by atoms with Crippen molar-refractivity contribution in [1.82, 2.24) is 4.98 Å². The summed E-state index contributed by atoms with van der Waals surface area (Å²) < 4.78 is 5.17. The van der Waals surface area contributed by atoms with E-state index in [9.17, 15) is 10.1 Å². The van der Waals surface area contributed by atoms with E-state index in [1.165, 1.54) is 0 Å². The van der Waals surface area contributed by atoms with Crippen molar-refractivity contribution >= 4 is 11.8 Å². The van der Waals surface area contributed by atoms with E-state index in [2.05, 4.69) is 11.1 Å². The highest BCUT2D eigenvalue weighted by molar-refractivity contribution is 5.89. The minimum Gasteiger partial charge on any atom is -0.482 e. The fourth-order valence-corrected chi connectivity index (χ4v) is 2.75. The van der Waals surface area contributed by atoms with Crippen molar-refractivity contribution in [3.8, 4) is 34.1 Å². The molecule has 3 aromatic rings. The normalized spacial score (nSPS) is 10.2. The molecule has 2 aromatic carbocycles. The summed E-state index contributed by atoms with van der Waals surface area (Å²) in [5, 5.41) is 18.3. The van der Waals surface area contributed by atoms with Crippen LogP contribution >= 0.6 is 0 Å². The van der Waals surface area contributed by atoms with Gasteiger partial charge in [-0.05, 0) is 30.2 Å². The van der Waals surface area contributed by atoms with Gasteiger partial charge in [-0.2, -0.15) is 5.26 Å². The maximum Gasteiger partial charge on any atom is 0.341 e. The summed E-state index contributed by atoms with van der Waals surface area (Å²) in [5.41, 5.74) is 10.5. The smallest absolute Gasteiger partial charge is 0.341 e. The van der Waals surface area contributed by atoms with Crippen molar-refractivity contribution in [1.29, 1.82) is 5.26 Å². The third kappa shape index (κ3) is 3.88. The number of hydrogen-bond donors (Lipinski definition) is 2. The minimum absolute atomic E-state index is 0.162. The Balaban J connectivity index is 2.10. The third-order valence-corrected chi connectivity index (χ3v) is 4.09. The molecule has 134 valence electrons. The molecular weight excluding hydrogens is 342 g/mol. The molecule has 27 heavy (non-hydrogen) atoms. The number of ether oxygens (including phenoxy) is 1. The summed E-state index contributed by atoms with van der Waals surface area (Å²) >= 11 is 0. The van der Waals surface area contributed by atoms with Crippen LogP contribution in [0, 0.1) is 18.3 Å². The second-order valence-electron chi connectivity index (χ2n) is 5.99. The van der Waals surface area contributed by atoms with Crippen LogP contribution in [0.1, 0.15) is 11.1 Å². The summed E-state index contributed by atoms with van der Waals surface area (Å²) in [6, 6.07) is 16.9. The van der Waals surface area contributed by atoms with E-state index >= 15 is 0 Å². The molecule has 0 saturated heterocycles. The molecule has 0 atom stereocenters. The first-order chi connectivity index (χ1) is 13.0. The number of hydrogen-bond acceptors (Lipinski definition) is 5. The number of nitriles is 1. The first-order valence-corrected chi connectivity index (χ1v) is 8.20. The Morgan fingerprint density at radius 2 is 1.78 bits per heavy atom. The number of rotatable bonds is 5. The van der Waals surface area contributed by atoms with Gasteiger partial charge in [-0.3, -0.25) is 0 Å². The van der Waals surface area contributed by atoms with Crippen molar-refractivity contribution in [3.63, 3.8) is 0 Å². The van der Waals surface area contributed by atoms with Gasteiger partial charge in [0.1, 0.15) is 23.2 Å². The van der Waals surface area contributed by atoms with Gasteiger partial charge in [0.2, 0.25) is 0 Å². The Kier molecular flexibility index (Phi) is 5.04. The Bertz CT molecular complexity index is 1020. The van der Waals surface area contributed by atoms with Crippen molar-refractivity contribution in [2.75, 3.05) is 12.3 Å². The molecule has 6 nitrogen and oxygen atoms in total. The van der Waals surface area contributed by atoms with Crippen LogP contribution in [0.3, 0.4) is 0 Å². The Hall–Kier alpha value is -3.85. The van der Waals surface area contributed by atoms with E-state index in [0.717, 1.165) is 22.3 Å². The number of carboxylic acid groups (broad SMARTS) is 1. The summed E-state index contributed by atoms with van der Waals surface area (Å²) in [7, 11) is 0. The monoisotopic (exact) mass is 359 g/mol. The first kappa shape index (κ1) is 18.0. The molecule has 0 saturated carbocycles. The molecule has 0 aliphatic heterocycles. The number of carboxylic acids is 1. The van der Waals surface area contributed by atoms with E-state index in [1.54, 1.807) is 30.5 Å². The van der Waals surface area contributed by atoms with Crippen LogP contribution in [-0.2, 0) is 4.79 Å². The van der Waals surface area contributed by atoms with E-state index < -0.39 is 12.6 Å². The molecular formula is C21H17N3O3. The molecule has 1 heterocycles. The molecule has 3 N–H and O–H groups in total. The van der Waals surface area contributed by atoms with Gasteiger partial charge in [-0.1, -0.05) is 42.0 Å². The van der Waals surface area contributed by atoms with Gasteiger partial charge >= 0.3 is 5.97 Å². The average molecular weight is 359 g/mol. The second-order valence-corrected chi connectivity index (χ2v) is 5.99. The number of nitrogens with two attached hydrogens (primary N) is 1. The topological polar surface area (TPSA) is 109 Å². The SMILES string of the molecule is Cc1ccc(-c2cnc(N)c(C#N)c2-c2ccc(OCC(=O)O)cc2)cc1. The van der Waals surface area contributed by atoms with Gasteiger partial charge < -0.3 is 15.6 Å². The van der Waals surface area contributed by atoms with Crippen LogP contribution in [-0.4, -0.2) is 22.7 Å². The fraction of sp³-hybridized carbons (Fsp3) is 0.0952. The number of carbonyl (C=O) groups is 1. The lowest BCUT2D eigenvalue weighted by atomic mass is 9.92. The number of nitrogens with zero attached hydrogens (tertiary/aromatic N) is 2. The molecule has 3 rings (SSSR count). The second kappa shape index (κ2) is 7.58. The van der Waals surface area contributed by atoms with Crippen LogP contribution in [0.4, 0.5) is 5.82 Å². The Morgan fingerprint density at radius 1 is 1.15 bits per heavy atom. The number of aliphatic carboxylic acids is 1. The molecule has 0 amide bonds. The van der Waals surface area contributed by atoms with E-state index in [4.69, 9.17) is 15.6 Å². The highest BCUT2D eigenvalue weighted by Gasteiger charge is 2.16. The highest BCUT2D eigenvalue weighted by Crippen LogP contribution is 2.37. The van der Waals surface area contributed by atoms with Crippen molar-refractivity contribution in [3.05, 3.63) is 65.9 Å². The van der Waals surface area contributed by atoms with Crippen molar-refractivity contribution in [2.45, 2.75) is 6.92 Å². The zero-order chi connectivity index (χ0) is 19.4. The van der Waals surface area contributed by atoms with Gasteiger partial charge in [-0.15, -0.1) is 0 Å². The Labute approximate surface area is 156 Å². The lowest BCUT2D eigenvalue weighted by molar-refractivity contribution is -0.139. The van der Waals surface area contributed by atoms with Crippen LogP contribution in [0.2, 0.25) is 0 Å². The third-order valence-electron chi connectivity index (χ3n) is 4.09. The van der Waals surface area contributed by atoms with E-state index in [0.29, 0.717) is 16.9 Å². The quantitative estimate of drug-likeness (QED) is 0.720. The number of pyridine rings is 1. The maximum absolute atomic E-state index is 10.6. The Morgan fingerprint density at radius 3 is 2.37 bits per heavy atom. The molecule has 0 radical (unpaired) electrons. The number of benzene rings is 2. The van der Waals surface area contributed by atoms with Gasteiger partial charge in [0.15, 0.2) is 6.61 Å². The molecule has 0 aliphatic rings. The molecule has 0 unspecified atom stereocenters. The van der Waals surface area contributed by atoms with Gasteiger partial charge in [0.25, 0.3) is 0 Å². The van der Waals surface area contributed by atoms with Crippen LogP contribution in [0.5, 0.6) is 5.75 Å². The number of nitrogen functional groups attached to an aromatic ring is 1. The first-order valence-electron chi connectivity index (χ1n) is 8.20. The maximum atomic E-state index is 10.6.